The van der Waals surface area contributed by atoms with E-state index in [0.29, 0.717) is 22.9 Å². The lowest BCUT2D eigenvalue weighted by atomic mass is 10.0. The van der Waals surface area contributed by atoms with Crippen LogP contribution in [-0.2, 0) is 10.0 Å². The van der Waals surface area contributed by atoms with Gasteiger partial charge in [-0.1, -0.05) is 36.4 Å². The number of fused-ring (bicyclic) bond motifs is 1. The van der Waals surface area contributed by atoms with Gasteiger partial charge < -0.3 is 14.2 Å². The van der Waals surface area contributed by atoms with Crippen molar-refractivity contribution in [1.82, 2.24) is 3.97 Å². The van der Waals surface area contributed by atoms with Crippen molar-refractivity contribution in [2.24, 2.45) is 0 Å². The van der Waals surface area contributed by atoms with E-state index in [4.69, 9.17) is 14.2 Å². The van der Waals surface area contributed by atoms with Gasteiger partial charge >= 0.3 is 0 Å². The molecule has 0 aliphatic heterocycles. The zero-order chi connectivity index (χ0) is 22.9. The molecule has 0 aliphatic carbocycles. The van der Waals surface area contributed by atoms with Gasteiger partial charge in [-0.2, -0.15) is 0 Å². The Morgan fingerprint density at radius 2 is 1.47 bits per heavy atom. The highest BCUT2D eigenvalue weighted by molar-refractivity contribution is 7.90. The number of benzene rings is 3. The zero-order valence-electron chi connectivity index (χ0n) is 17.7. The van der Waals surface area contributed by atoms with Crippen molar-refractivity contribution in [2.75, 3.05) is 21.3 Å². The molecule has 4 aromatic rings. The molecule has 1 heterocycles. The summed E-state index contributed by atoms with van der Waals surface area (Å²) in [5, 5.41) is 0.690. The van der Waals surface area contributed by atoms with Gasteiger partial charge in [0.1, 0.15) is 0 Å². The lowest BCUT2D eigenvalue weighted by Crippen LogP contribution is -2.15. The predicted octanol–water partition coefficient (Wildman–Crippen LogP) is 4.38. The molecule has 1 aromatic heterocycles. The average Bonchev–Trinajstić information content (AvgIpc) is 3.22. The third kappa shape index (κ3) is 3.29. The SMILES string of the molecule is COc1cc(C=O)c(-c2cc3ccccc3n2S(=O)(=O)c2ccccc2)c(OC)c1OC. The molecule has 0 fully saturated rings. The van der Waals surface area contributed by atoms with Gasteiger partial charge in [-0.25, -0.2) is 12.4 Å². The Hall–Kier alpha value is -3.78. The first-order valence-electron chi connectivity index (χ1n) is 9.67. The van der Waals surface area contributed by atoms with Crippen LogP contribution in [0.15, 0.2) is 71.6 Å². The first-order valence-corrected chi connectivity index (χ1v) is 11.1. The Morgan fingerprint density at radius 3 is 2.09 bits per heavy atom. The maximum Gasteiger partial charge on any atom is 0.268 e. The molecule has 0 bridgehead atoms. The number of rotatable bonds is 7. The van der Waals surface area contributed by atoms with Gasteiger partial charge in [0, 0.05) is 10.9 Å². The fraction of sp³-hybridized carbons (Fsp3) is 0.125. The summed E-state index contributed by atoms with van der Waals surface area (Å²) < 4.78 is 45.2. The molecular weight excluding hydrogens is 430 g/mol. The average molecular weight is 452 g/mol. The van der Waals surface area contributed by atoms with Gasteiger partial charge in [-0.15, -0.1) is 0 Å². The van der Waals surface area contributed by atoms with E-state index in [2.05, 4.69) is 0 Å². The largest absolute Gasteiger partial charge is 0.493 e. The van der Waals surface area contributed by atoms with E-state index >= 15 is 0 Å². The molecule has 0 amide bonds. The van der Waals surface area contributed by atoms with Crippen molar-refractivity contribution < 1.29 is 27.4 Å². The van der Waals surface area contributed by atoms with Crippen LogP contribution >= 0.6 is 0 Å². The summed E-state index contributed by atoms with van der Waals surface area (Å²) in [4.78, 5) is 12.2. The van der Waals surface area contributed by atoms with Crippen LogP contribution in [0.4, 0.5) is 0 Å². The number of hydrogen-bond donors (Lipinski definition) is 0. The Kier molecular flexibility index (Phi) is 5.63. The van der Waals surface area contributed by atoms with Gasteiger partial charge in [0.25, 0.3) is 10.0 Å². The summed E-state index contributed by atoms with van der Waals surface area (Å²) in [7, 11) is 0.304. The molecule has 4 rings (SSSR count). The molecule has 164 valence electrons. The lowest BCUT2D eigenvalue weighted by Gasteiger charge is -2.19. The normalized spacial score (nSPS) is 11.3. The Morgan fingerprint density at radius 1 is 0.812 bits per heavy atom. The fourth-order valence-corrected chi connectivity index (χ4v) is 5.33. The van der Waals surface area contributed by atoms with E-state index in [1.165, 1.54) is 43.5 Å². The highest BCUT2D eigenvalue weighted by atomic mass is 32.2. The highest BCUT2D eigenvalue weighted by Gasteiger charge is 2.29. The molecule has 7 nitrogen and oxygen atoms in total. The minimum atomic E-state index is -4.01. The molecule has 0 N–H and O–H groups in total. The number of para-hydroxylation sites is 1. The van der Waals surface area contributed by atoms with E-state index in [1.807, 2.05) is 12.1 Å². The van der Waals surface area contributed by atoms with E-state index in [-0.39, 0.29) is 33.2 Å². The van der Waals surface area contributed by atoms with Crippen LogP contribution in [0.3, 0.4) is 0 Å². The molecule has 0 saturated heterocycles. The molecule has 3 aromatic carbocycles. The van der Waals surface area contributed by atoms with Crippen LogP contribution < -0.4 is 14.2 Å². The number of hydrogen-bond acceptors (Lipinski definition) is 6. The second-order valence-corrected chi connectivity index (χ2v) is 8.68. The van der Waals surface area contributed by atoms with Crippen LogP contribution in [0.25, 0.3) is 22.2 Å². The van der Waals surface area contributed by atoms with Crippen LogP contribution in [-0.4, -0.2) is 40.0 Å². The maximum atomic E-state index is 13.8. The summed E-state index contributed by atoms with van der Waals surface area (Å²) in [6.07, 6.45) is 0.636. The highest BCUT2D eigenvalue weighted by Crippen LogP contribution is 2.48. The summed E-state index contributed by atoms with van der Waals surface area (Å²) in [5.74, 6) is 0.745. The van der Waals surface area contributed by atoms with E-state index < -0.39 is 10.0 Å². The summed E-state index contributed by atoms with van der Waals surface area (Å²) in [6.45, 7) is 0. The van der Waals surface area contributed by atoms with Gasteiger partial charge in [-0.05, 0) is 30.3 Å². The first kappa shape index (κ1) is 21.5. The third-order valence-corrected chi connectivity index (χ3v) is 6.93. The fourth-order valence-electron chi connectivity index (χ4n) is 3.79. The van der Waals surface area contributed by atoms with Crippen molar-refractivity contribution in [2.45, 2.75) is 4.90 Å². The number of methoxy groups -OCH3 is 3. The summed E-state index contributed by atoms with van der Waals surface area (Å²) in [5.41, 5.74) is 1.23. The number of carbonyl (C=O) groups is 1. The van der Waals surface area contributed by atoms with Crippen LogP contribution in [0.5, 0.6) is 17.2 Å². The van der Waals surface area contributed by atoms with Gasteiger partial charge in [0.05, 0.1) is 43.0 Å². The molecule has 0 unspecified atom stereocenters. The topological polar surface area (TPSA) is 83.8 Å². The van der Waals surface area contributed by atoms with Crippen LogP contribution in [0.1, 0.15) is 10.4 Å². The smallest absolute Gasteiger partial charge is 0.268 e. The lowest BCUT2D eigenvalue weighted by molar-refractivity contribution is 0.112. The molecule has 8 heteroatoms. The van der Waals surface area contributed by atoms with Crippen molar-refractivity contribution in [3.8, 4) is 28.5 Å². The first-order chi connectivity index (χ1) is 15.5. The van der Waals surface area contributed by atoms with E-state index in [0.717, 1.165) is 0 Å². The van der Waals surface area contributed by atoms with Crippen molar-refractivity contribution in [3.63, 3.8) is 0 Å². The van der Waals surface area contributed by atoms with Gasteiger partial charge in [-0.3, -0.25) is 4.79 Å². The molecule has 0 radical (unpaired) electrons. The number of nitrogens with zero attached hydrogens (tertiary/aromatic N) is 1. The number of aldehydes is 1. The minimum Gasteiger partial charge on any atom is -0.493 e. The molecule has 0 saturated carbocycles. The number of aromatic nitrogens is 1. The standard InChI is InChI=1S/C24H21NO6S/c1-29-21-14-17(15-26)22(24(31-3)23(21)30-2)20-13-16-9-7-8-12-19(16)25(20)32(27,28)18-10-5-4-6-11-18/h4-15H,1-3H3. The second kappa shape index (κ2) is 8.39. The minimum absolute atomic E-state index is 0.120. The Bertz CT molecular complexity index is 1410. The third-order valence-electron chi connectivity index (χ3n) is 5.19. The quantitative estimate of drug-likeness (QED) is 0.388. The number of ether oxygens (including phenoxy) is 3. The molecule has 0 atom stereocenters. The summed E-state index contributed by atoms with van der Waals surface area (Å²) in [6, 6.07) is 18.4. The predicted molar refractivity (Wildman–Crippen MR) is 121 cm³/mol. The van der Waals surface area contributed by atoms with Crippen molar-refractivity contribution in [3.05, 3.63) is 72.3 Å². The van der Waals surface area contributed by atoms with Gasteiger partial charge in [0.15, 0.2) is 17.8 Å². The van der Waals surface area contributed by atoms with E-state index in [9.17, 15) is 13.2 Å². The van der Waals surface area contributed by atoms with Crippen molar-refractivity contribution >= 4 is 27.2 Å². The molecule has 32 heavy (non-hydrogen) atoms. The van der Waals surface area contributed by atoms with E-state index in [1.54, 1.807) is 36.4 Å². The Balaban J connectivity index is 2.17. The van der Waals surface area contributed by atoms with Crippen LogP contribution in [0, 0.1) is 0 Å². The maximum absolute atomic E-state index is 13.8. The molecule has 0 spiro atoms. The number of carbonyl (C=O) groups excluding carboxylic acids is 1. The molecular formula is C24H21NO6S. The summed E-state index contributed by atoms with van der Waals surface area (Å²) >= 11 is 0. The second-order valence-electron chi connectivity index (χ2n) is 6.90. The zero-order valence-corrected chi connectivity index (χ0v) is 18.5. The van der Waals surface area contributed by atoms with Crippen LogP contribution in [0.2, 0.25) is 0 Å². The Labute approximate surface area is 185 Å². The van der Waals surface area contributed by atoms with Crippen molar-refractivity contribution in [1.29, 1.82) is 0 Å². The molecule has 0 aliphatic rings. The van der Waals surface area contributed by atoms with Gasteiger partial charge in [0.2, 0.25) is 5.75 Å². The monoisotopic (exact) mass is 451 g/mol.